The van der Waals surface area contributed by atoms with Crippen LogP contribution in [-0.4, -0.2) is 36.7 Å². The van der Waals surface area contributed by atoms with E-state index < -0.39 is 21.2 Å². The maximum atomic E-state index is 11.0. The number of rotatable bonds is 4. The Labute approximate surface area is 90.5 Å². The van der Waals surface area contributed by atoms with Crippen molar-refractivity contribution < 1.29 is 22.4 Å². The molecule has 2 atom stereocenters. The zero-order valence-electron chi connectivity index (χ0n) is 9.26. The first-order chi connectivity index (χ1) is 6.74. The van der Waals surface area contributed by atoms with Crippen molar-refractivity contribution in [3.8, 4) is 0 Å². The first kappa shape index (κ1) is 12.9. The monoisotopic (exact) mass is 238 g/mol. The summed E-state index contributed by atoms with van der Waals surface area (Å²) in [6.07, 6.45) is 0.393. The Kier molecular flexibility index (Phi) is 3.76. The SMILES string of the molecule is CC[C@H](CC1COC(C)(C)O1)S(=O)(=O)O. The van der Waals surface area contributed by atoms with Crippen molar-refractivity contribution in [3.05, 3.63) is 0 Å². The Bertz CT molecular complexity index is 308. The summed E-state index contributed by atoms with van der Waals surface area (Å²) in [6.45, 7) is 5.65. The molecule has 0 aromatic heterocycles. The topological polar surface area (TPSA) is 72.8 Å². The molecule has 1 aliphatic rings. The van der Waals surface area contributed by atoms with Crippen LogP contribution in [0.5, 0.6) is 0 Å². The molecule has 0 aromatic rings. The molecular weight excluding hydrogens is 220 g/mol. The molecule has 1 unspecified atom stereocenters. The van der Waals surface area contributed by atoms with E-state index in [4.69, 9.17) is 14.0 Å². The normalized spacial score (nSPS) is 27.9. The van der Waals surface area contributed by atoms with E-state index >= 15 is 0 Å². The van der Waals surface area contributed by atoms with Crippen molar-refractivity contribution in [2.45, 2.75) is 50.8 Å². The van der Waals surface area contributed by atoms with E-state index in [1.165, 1.54) is 0 Å². The predicted molar refractivity (Wildman–Crippen MR) is 55.1 cm³/mol. The van der Waals surface area contributed by atoms with E-state index in [9.17, 15) is 8.42 Å². The summed E-state index contributed by atoms with van der Waals surface area (Å²) in [6, 6.07) is 0. The number of hydrogen-bond acceptors (Lipinski definition) is 4. The van der Waals surface area contributed by atoms with E-state index in [-0.39, 0.29) is 12.5 Å². The van der Waals surface area contributed by atoms with Crippen LogP contribution in [0.1, 0.15) is 33.6 Å². The standard InChI is InChI=1S/C9H18O5S/c1-4-8(15(10,11)12)5-7-6-13-9(2,3)14-7/h7-8H,4-6H2,1-3H3,(H,10,11,12)/t7?,8-/m1/s1. The average Bonchev–Trinajstić information content (AvgIpc) is 2.39. The summed E-state index contributed by atoms with van der Waals surface area (Å²) >= 11 is 0. The fourth-order valence-electron chi connectivity index (χ4n) is 1.67. The van der Waals surface area contributed by atoms with Gasteiger partial charge in [-0.1, -0.05) is 6.92 Å². The molecule has 15 heavy (non-hydrogen) atoms. The molecule has 0 aliphatic carbocycles. The van der Waals surface area contributed by atoms with Gasteiger partial charge in [0.1, 0.15) is 0 Å². The van der Waals surface area contributed by atoms with E-state index in [0.717, 1.165) is 0 Å². The van der Waals surface area contributed by atoms with Crippen molar-refractivity contribution >= 4 is 10.1 Å². The highest BCUT2D eigenvalue weighted by molar-refractivity contribution is 7.86. The highest BCUT2D eigenvalue weighted by atomic mass is 32.2. The van der Waals surface area contributed by atoms with Gasteiger partial charge in [0.05, 0.1) is 18.0 Å². The Morgan fingerprint density at radius 1 is 1.53 bits per heavy atom. The lowest BCUT2D eigenvalue weighted by atomic mass is 10.2. The molecule has 1 fully saturated rings. The number of ether oxygens (including phenoxy) is 2. The zero-order valence-corrected chi connectivity index (χ0v) is 10.1. The predicted octanol–water partition coefficient (Wildman–Crippen LogP) is 1.19. The quantitative estimate of drug-likeness (QED) is 0.745. The minimum atomic E-state index is -3.98. The van der Waals surface area contributed by atoms with Crippen molar-refractivity contribution in [2.24, 2.45) is 0 Å². The van der Waals surface area contributed by atoms with Gasteiger partial charge in [0, 0.05) is 0 Å². The summed E-state index contributed by atoms with van der Waals surface area (Å²) in [5.74, 6) is -0.651. The van der Waals surface area contributed by atoms with Crippen LogP contribution in [0.15, 0.2) is 0 Å². The van der Waals surface area contributed by atoms with Gasteiger partial charge in [0.25, 0.3) is 10.1 Å². The van der Waals surface area contributed by atoms with Crippen LogP contribution in [0, 0.1) is 0 Å². The summed E-state index contributed by atoms with van der Waals surface area (Å²) < 4.78 is 41.7. The Hall–Kier alpha value is -0.170. The first-order valence-corrected chi connectivity index (χ1v) is 6.53. The van der Waals surface area contributed by atoms with Crippen molar-refractivity contribution in [1.29, 1.82) is 0 Å². The third-order valence-electron chi connectivity index (χ3n) is 2.47. The maximum absolute atomic E-state index is 11.0. The molecule has 1 aliphatic heterocycles. The van der Waals surface area contributed by atoms with Crippen LogP contribution in [-0.2, 0) is 19.6 Å². The third-order valence-corrected chi connectivity index (χ3v) is 3.84. The molecule has 1 rings (SSSR count). The van der Waals surface area contributed by atoms with Crippen LogP contribution in [0.2, 0.25) is 0 Å². The Balaban J connectivity index is 2.55. The van der Waals surface area contributed by atoms with Crippen LogP contribution in [0.4, 0.5) is 0 Å². The molecule has 0 spiro atoms. The lowest BCUT2D eigenvalue weighted by Crippen LogP contribution is -2.28. The summed E-state index contributed by atoms with van der Waals surface area (Å²) in [4.78, 5) is 0. The molecule has 5 nitrogen and oxygen atoms in total. The largest absolute Gasteiger partial charge is 0.348 e. The van der Waals surface area contributed by atoms with Crippen molar-refractivity contribution in [3.63, 3.8) is 0 Å². The second kappa shape index (κ2) is 4.37. The molecule has 90 valence electrons. The fraction of sp³-hybridized carbons (Fsp3) is 1.00. The van der Waals surface area contributed by atoms with Gasteiger partial charge >= 0.3 is 0 Å². The van der Waals surface area contributed by atoms with Gasteiger partial charge in [-0.3, -0.25) is 4.55 Å². The maximum Gasteiger partial charge on any atom is 0.267 e. The molecule has 0 aromatic carbocycles. The zero-order chi connectivity index (χ0) is 11.7. The van der Waals surface area contributed by atoms with Gasteiger partial charge in [0.15, 0.2) is 5.79 Å². The van der Waals surface area contributed by atoms with Crippen LogP contribution >= 0.6 is 0 Å². The molecule has 0 bridgehead atoms. The van der Waals surface area contributed by atoms with Crippen LogP contribution in [0.3, 0.4) is 0 Å². The van der Waals surface area contributed by atoms with Crippen LogP contribution in [0.25, 0.3) is 0 Å². The molecule has 1 saturated heterocycles. The Morgan fingerprint density at radius 3 is 2.47 bits per heavy atom. The van der Waals surface area contributed by atoms with Crippen molar-refractivity contribution in [2.75, 3.05) is 6.61 Å². The molecule has 1 N–H and O–H groups in total. The van der Waals surface area contributed by atoms with Gasteiger partial charge in [-0.2, -0.15) is 8.42 Å². The van der Waals surface area contributed by atoms with Gasteiger partial charge in [0.2, 0.25) is 0 Å². The fourth-order valence-corrected chi connectivity index (χ4v) is 2.55. The van der Waals surface area contributed by atoms with Crippen LogP contribution < -0.4 is 0 Å². The second-order valence-corrected chi connectivity index (χ2v) is 5.93. The molecule has 0 amide bonds. The molecular formula is C9H18O5S. The Morgan fingerprint density at radius 2 is 2.13 bits per heavy atom. The number of hydrogen-bond donors (Lipinski definition) is 1. The highest BCUT2D eigenvalue weighted by Gasteiger charge is 2.36. The minimum absolute atomic E-state index is 0.258. The lowest BCUT2D eigenvalue weighted by Gasteiger charge is -2.19. The first-order valence-electron chi connectivity index (χ1n) is 5.02. The highest BCUT2D eigenvalue weighted by Crippen LogP contribution is 2.26. The van der Waals surface area contributed by atoms with Crippen molar-refractivity contribution in [1.82, 2.24) is 0 Å². The summed E-state index contributed by atoms with van der Waals surface area (Å²) in [7, 11) is -3.98. The van der Waals surface area contributed by atoms with E-state index in [1.807, 2.05) is 0 Å². The third kappa shape index (κ3) is 3.71. The molecule has 1 heterocycles. The van der Waals surface area contributed by atoms with Gasteiger partial charge < -0.3 is 9.47 Å². The lowest BCUT2D eigenvalue weighted by molar-refractivity contribution is -0.138. The molecule has 6 heteroatoms. The summed E-state index contributed by atoms with van der Waals surface area (Å²) in [5, 5.41) is -0.764. The van der Waals surface area contributed by atoms with E-state index in [2.05, 4.69) is 0 Å². The van der Waals surface area contributed by atoms with E-state index in [0.29, 0.717) is 13.0 Å². The van der Waals surface area contributed by atoms with E-state index in [1.54, 1.807) is 20.8 Å². The van der Waals surface area contributed by atoms with Gasteiger partial charge in [-0.15, -0.1) is 0 Å². The minimum Gasteiger partial charge on any atom is -0.348 e. The van der Waals surface area contributed by atoms with Gasteiger partial charge in [-0.05, 0) is 26.7 Å². The second-order valence-electron chi connectivity index (χ2n) is 4.23. The summed E-state index contributed by atoms with van der Waals surface area (Å²) in [5.41, 5.74) is 0. The van der Waals surface area contributed by atoms with Gasteiger partial charge in [-0.25, -0.2) is 0 Å². The average molecular weight is 238 g/mol. The molecule has 0 saturated carbocycles. The smallest absolute Gasteiger partial charge is 0.267 e. The molecule has 0 radical (unpaired) electrons.